The molecular formula is C22H26FN3O3. The van der Waals surface area contributed by atoms with Gasteiger partial charge < -0.3 is 19.9 Å². The number of anilines is 2. The Morgan fingerprint density at radius 3 is 2.48 bits per heavy atom. The van der Waals surface area contributed by atoms with Gasteiger partial charge in [-0.15, -0.1) is 0 Å². The molecule has 0 unspecified atom stereocenters. The quantitative estimate of drug-likeness (QED) is 0.778. The van der Waals surface area contributed by atoms with Crippen molar-refractivity contribution in [2.45, 2.75) is 13.3 Å². The van der Waals surface area contributed by atoms with Gasteiger partial charge in [-0.3, -0.25) is 9.59 Å². The molecule has 0 bridgehead atoms. The van der Waals surface area contributed by atoms with Crippen LogP contribution < -0.4 is 10.2 Å². The average Bonchev–Trinajstić information content (AvgIpc) is 2.73. The summed E-state index contributed by atoms with van der Waals surface area (Å²) in [5, 5.41) is 2.93. The Bertz CT molecular complexity index is 835. The van der Waals surface area contributed by atoms with Crippen LogP contribution in [0.15, 0.2) is 48.5 Å². The average molecular weight is 399 g/mol. The summed E-state index contributed by atoms with van der Waals surface area (Å²) in [6, 6.07) is 13.8. The minimum absolute atomic E-state index is 0.0338. The lowest BCUT2D eigenvalue weighted by Crippen LogP contribution is -2.39. The fraction of sp³-hybridized carbons (Fsp3) is 0.364. The lowest BCUT2D eigenvalue weighted by atomic mass is 10.1. The summed E-state index contributed by atoms with van der Waals surface area (Å²) in [6.45, 7) is 4.65. The van der Waals surface area contributed by atoms with Crippen LogP contribution in [0.5, 0.6) is 0 Å². The number of morpholine rings is 1. The number of para-hydroxylation sites is 2. The Morgan fingerprint density at radius 1 is 1.10 bits per heavy atom. The summed E-state index contributed by atoms with van der Waals surface area (Å²) >= 11 is 0. The molecule has 2 amide bonds. The molecule has 1 N–H and O–H groups in total. The first-order chi connectivity index (χ1) is 14.0. The van der Waals surface area contributed by atoms with Crippen molar-refractivity contribution in [2.24, 2.45) is 0 Å². The van der Waals surface area contributed by atoms with E-state index in [0.29, 0.717) is 26.2 Å². The molecule has 1 aliphatic heterocycles. The number of benzene rings is 2. The monoisotopic (exact) mass is 399 g/mol. The maximum atomic E-state index is 13.0. The van der Waals surface area contributed by atoms with E-state index in [0.717, 1.165) is 30.0 Å². The van der Waals surface area contributed by atoms with E-state index in [1.54, 1.807) is 12.1 Å². The molecule has 0 saturated carbocycles. The molecule has 0 aromatic heterocycles. The smallest absolute Gasteiger partial charge is 0.244 e. The highest BCUT2D eigenvalue weighted by Gasteiger charge is 2.18. The maximum Gasteiger partial charge on any atom is 0.244 e. The molecule has 2 aromatic carbocycles. The van der Waals surface area contributed by atoms with Crippen LogP contribution in [0, 0.1) is 5.82 Å². The molecule has 0 radical (unpaired) electrons. The van der Waals surface area contributed by atoms with E-state index in [-0.39, 0.29) is 24.2 Å². The number of nitrogens with one attached hydrogen (secondary N) is 1. The first-order valence-corrected chi connectivity index (χ1v) is 9.74. The number of halogens is 1. The Morgan fingerprint density at radius 2 is 1.79 bits per heavy atom. The summed E-state index contributed by atoms with van der Waals surface area (Å²) in [7, 11) is 0. The standard InChI is InChI=1S/C22H26FN3O3/c1-17(27)26(11-10-18-6-8-19(23)9-7-18)16-22(28)24-20-4-2-3-5-21(20)25-12-14-29-15-13-25/h2-9H,10-16H2,1H3,(H,24,28). The topological polar surface area (TPSA) is 61.9 Å². The van der Waals surface area contributed by atoms with Crippen molar-refractivity contribution >= 4 is 23.2 Å². The van der Waals surface area contributed by atoms with Crippen LogP contribution in [-0.2, 0) is 20.7 Å². The Labute approximate surface area is 170 Å². The third kappa shape index (κ3) is 6.02. The van der Waals surface area contributed by atoms with Gasteiger partial charge in [0.1, 0.15) is 5.82 Å². The molecule has 2 aromatic rings. The molecule has 0 spiro atoms. The predicted molar refractivity (Wildman–Crippen MR) is 110 cm³/mol. The van der Waals surface area contributed by atoms with Gasteiger partial charge in [-0.05, 0) is 36.2 Å². The second kappa shape index (κ2) is 10.0. The minimum Gasteiger partial charge on any atom is -0.378 e. The van der Waals surface area contributed by atoms with Crippen molar-refractivity contribution in [2.75, 3.05) is 49.6 Å². The highest BCUT2D eigenvalue weighted by molar-refractivity contribution is 5.97. The van der Waals surface area contributed by atoms with Gasteiger partial charge >= 0.3 is 0 Å². The van der Waals surface area contributed by atoms with Gasteiger partial charge in [0, 0.05) is 26.6 Å². The number of amides is 2. The van der Waals surface area contributed by atoms with Gasteiger partial charge in [0.15, 0.2) is 0 Å². The van der Waals surface area contributed by atoms with E-state index in [9.17, 15) is 14.0 Å². The van der Waals surface area contributed by atoms with Crippen LogP contribution in [0.2, 0.25) is 0 Å². The Balaban J connectivity index is 1.60. The third-order valence-corrected chi connectivity index (χ3v) is 4.89. The molecule has 1 saturated heterocycles. The van der Waals surface area contributed by atoms with Crippen molar-refractivity contribution in [3.8, 4) is 0 Å². The molecule has 0 aliphatic carbocycles. The number of ether oxygens (including phenoxy) is 1. The Hall–Kier alpha value is -2.93. The van der Waals surface area contributed by atoms with Crippen molar-refractivity contribution < 1.29 is 18.7 Å². The van der Waals surface area contributed by atoms with Crippen molar-refractivity contribution in [1.82, 2.24) is 4.90 Å². The summed E-state index contributed by atoms with van der Waals surface area (Å²) in [4.78, 5) is 28.3. The molecule has 0 atom stereocenters. The minimum atomic E-state index is -0.296. The number of carbonyl (C=O) groups is 2. The maximum absolute atomic E-state index is 13.0. The van der Waals surface area contributed by atoms with Crippen LogP contribution >= 0.6 is 0 Å². The van der Waals surface area contributed by atoms with Crippen molar-refractivity contribution in [1.29, 1.82) is 0 Å². The van der Waals surface area contributed by atoms with E-state index in [4.69, 9.17) is 4.74 Å². The van der Waals surface area contributed by atoms with Gasteiger partial charge in [0.2, 0.25) is 11.8 Å². The van der Waals surface area contributed by atoms with E-state index in [2.05, 4.69) is 10.2 Å². The van der Waals surface area contributed by atoms with Gasteiger partial charge in [0.25, 0.3) is 0 Å². The highest BCUT2D eigenvalue weighted by atomic mass is 19.1. The van der Waals surface area contributed by atoms with Crippen LogP contribution in [0.3, 0.4) is 0 Å². The normalized spacial score (nSPS) is 13.8. The van der Waals surface area contributed by atoms with E-state index in [1.165, 1.54) is 24.0 Å². The van der Waals surface area contributed by atoms with Gasteiger partial charge in [-0.2, -0.15) is 0 Å². The molecule has 7 heteroatoms. The summed E-state index contributed by atoms with van der Waals surface area (Å²) < 4.78 is 18.4. The van der Waals surface area contributed by atoms with Crippen LogP contribution in [0.25, 0.3) is 0 Å². The number of rotatable bonds is 7. The van der Waals surface area contributed by atoms with Crippen LogP contribution in [0.4, 0.5) is 15.8 Å². The third-order valence-electron chi connectivity index (χ3n) is 4.89. The first-order valence-electron chi connectivity index (χ1n) is 9.74. The molecular weight excluding hydrogens is 373 g/mol. The number of carbonyl (C=O) groups excluding carboxylic acids is 2. The van der Waals surface area contributed by atoms with Crippen LogP contribution in [-0.4, -0.2) is 56.1 Å². The first kappa shape index (κ1) is 20.8. The molecule has 1 heterocycles. The van der Waals surface area contributed by atoms with E-state index in [1.807, 2.05) is 24.3 Å². The van der Waals surface area contributed by atoms with Crippen molar-refractivity contribution in [3.05, 3.63) is 59.9 Å². The van der Waals surface area contributed by atoms with Gasteiger partial charge in [0.05, 0.1) is 31.1 Å². The lowest BCUT2D eigenvalue weighted by molar-refractivity contribution is -0.132. The van der Waals surface area contributed by atoms with Gasteiger partial charge in [-0.1, -0.05) is 24.3 Å². The number of hydrogen-bond donors (Lipinski definition) is 1. The van der Waals surface area contributed by atoms with Crippen LogP contribution in [0.1, 0.15) is 12.5 Å². The fourth-order valence-electron chi connectivity index (χ4n) is 3.29. The van der Waals surface area contributed by atoms with Crippen molar-refractivity contribution in [3.63, 3.8) is 0 Å². The zero-order valence-corrected chi connectivity index (χ0v) is 16.6. The fourth-order valence-corrected chi connectivity index (χ4v) is 3.29. The second-order valence-electron chi connectivity index (χ2n) is 6.98. The molecule has 3 rings (SSSR count). The zero-order chi connectivity index (χ0) is 20.6. The summed E-state index contributed by atoms with van der Waals surface area (Å²) in [5.74, 6) is -0.723. The SMILES string of the molecule is CC(=O)N(CCc1ccc(F)cc1)CC(=O)Nc1ccccc1N1CCOCC1. The highest BCUT2D eigenvalue weighted by Crippen LogP contribution is 2.26. The lowest BCUT2D eigenvalue weighted by Gasteiger charge is -2.30. The van der Waals surface area contributed by atoms with E-state index >= 15 is 0 Å². The molecule has 6 nitrogen and oxygen atoms in total. The largest absolute Gasteiger partial charge is 0.378 e. The predicted octanol–water partition coefficient (Wildman–Crippen LogP) is 2.69. The molecule has 29 heavy (non-hydrogen) atoms. The molecule has 1 fully saturated rings. The van der Waals surface area contributed by atoms with Gasteiger partial charge in [-0.25, -0.2) is 4.39 Å². The molecule has 1 aliphatic rings. The second-order valence-corrected chi connectivity index (χ2v) is 6.98. The van der Waals surface area contributed by atoms with E-state index < -0.39 is 0 Å². The summed E-state index contributed by atoms with van der Waals surface area (Å²) in [6.07, 6.45) is 0.553. The zero-order valence-electron chi connectivity index (χ0n) is 16.6. The Kier molecular flexibility index (Phi) is 7.19. The number of hydrogen-bond acceptors (Lipinski definition) is 4. The number of nitrogens with zero attached hydrogens (tertiary/aromatic N) is 2. The summed E-state index contributed by atoms with van der Waals surface area (Å²) in [5.41, 5.74) is 2.59. The molecule has 154 valence electrons.